The summed E-state index contributed by atoms with van der Waals surface area (Å²) in [7, 11) is 0. The van der Waals surface area contributed by atoms with Crippen LogP contribution in [0.1, 0.15) is 12.0 Å². The zero-order chi connectivity index (χ0) is 19.4. The predicted octanol–water partition coefficient (Wildman–Crippen LogP) is 5.28. The highest BCUT2D eigenvalue weighted by Crippen LogP contribution is 2.33. The molecular formula is C19H14BrIN2O2S2. The van der Waals surface area contributed by atoms with Crippen molar-refractivity contribution in [3.05, 3.63) is 67.0 Å². The number of nitrogens with zero attached hydrogens (tertiary/aromatic N) is 1. The Hall–Kier alpha value is -1.23. The van der Waals surface area contributed by atoms with Gasteiger partial charge in [-0.15, -0.1) is 0 Å². The van der Waals surface area contributed by atoms with Crippen molar-refractivity contribution in [1.29, 1.82) is 0 Å². The molecule has 1 aliphatic rings. The molecule has 0 unspecified atom stereocenters. The van der Waals surface area contributed by atoms with Gasteiger partial charge in [0.2, 0.25) is 5.91 Å². The smallest absolute Gasteiger partial charge is 0.266 e. The normalized spacial score (nSPS) is 15.5. The number of carbonyl (C=O) groups is 2. The topological polar surface area (TPSA) is 49.4 Å². The number of hydrogen-bond donors (Lipinski definition) is 1. The van der Waals surface area contributed by atoms with E-state index in [4.69, 9.17) is 12.2 Å². The summed E-state index contributed by atoms with van der Waals surface area (Å²) in [6.07, 6.45) is 2.00. The number of anilines is 1. The molecule has 4 nitrogen and oxygen atoms in total. The van der Waals surface area contributed by atoms with Crippen LogP contribution in [0, 0.1) is 3.57 Å². The van der Waals surface area contributed by atoms with Gasteiger partial charge in [0.15, 0.2) is 0 Å². The molecule has 2 aromatic carbocycles. The molecule has 0 aromatic heterocycles. The molecule has 0 spiro atoms. The molecule has 1 fully saturated rings. The molecule has 1 saturated heterocycles. The van der Waals surface area contributed by atoms with Crippen LogP contribution in [0.2, 0.25) is 0 Å². The van der Waals surface area contributed by atoms with Crippen LogP contribution in [-0.2, 0) is 9.59 Å². The number of halogens is 2. The van der Waals surface area contributed by atoms with E-state index in [2.05, 4.69) is 43.8 Å². The maximum atomic E-state index is 12.6. The van der Waals surface area contributed by atoms with E-state index in [0.29, 0.717) is 9.23 Å². The molecular weight excluding hydrogens is 559 g/mol. The Morgan fingerprint density at radius 3 is 2.70 bits per heavy atom. The molecule has 138 valence electrons. The van der Waals surface area contributed by atoms with Crippen LogP contribution in [0.5, 0.6) is 0 Å². The Bertz CT molecular complexity index is 932. The van der Waals surface area contributed by atoms with Crippen LogP contribution >= 0.6 is 62.5 Å². The minimum absolute atomic E-state index is 0.152. The van der Waals surface area contributed by atoms with Crippen LogP contribution in [0.15, 0.2) is 57.9 Å². The van der Waals surface area contributed by atoms with Gasteiger partial charge in [-0.25, -0.2) is 0 Å². The molecule has 1 N–H and O–H groups in total. The maximum absolute atomic E-state index is 12.6. The summed E-state index contributed by atoms with van der Waals surface area (Å²) < 4.78 is 2.52. The van der Waals surface area contributed by atoms with E-state index in [1.54, 1.807) is 0 Å². The standard InChI is InChI=1S/C19H14BrIN2O2S2/c20-13-3-1-2-12(10-13)11-16-18(25)23(19(26)27-16)9-8-17(24)22-15-6-4-14(21)5-7-15/h1-7,10-11H,8-9H2,(H,22,24). The molecule has 0 saturated carbocycles. The molecule has 27 heavy (non-hydrogen) atoms. The number of nitrogens with one attached hydrogen (secondary N) is 1. The molecule has 1 heterocycles. The number of rotatable bonds is 5. The van der Waals surface area contributed by atoms with Crippen LogP contribution in [0.25, 0.3) is 6.08 Å². The fourth-order valence-electron chi connectivity index (χ4n) is 2.41. The Balaban J connectivity index is 1.60. The highest BCUT2D eigenvalue weighted by molar-refractivity contribution is 14.1. The second-order valence-corrected chi connectivity index (χ2v) is 9.53. The summed E-state index contributed by atoms with van der Waals surface area (Å²) in [5, 5.41) is 2.83. The van der Waals surface area contributed by atoms with E-state index in [-0.39, 0.29) is 24.8 Å². The van der Waals surface area contributed by atoms with Crippen molar-refractivity contribution in [2.75, 3.05) is 11.9 Å². The number of thiocarbonyl (C=S) groups is 1. The average Bonchev–Trinajstić information content (AvgIpc) is 2.88. The lowest BCUT2D eigenvalue weighted by Gasteiger charge is -2.14. The van der Waals surface area contributed by atoms with Gasteiger partial charge in [-0.05, 0) is 70.6 Å². The van der Waals surface area contributed by atoms with E-state index >= 15 is 0 Å². The van der Waals surface area contributed by atoms with Gasteiger partial charge in [-0.1, -0.05) is 52.0 Å². The lowest BCUT2D eigenvalue weighted by molar-refractivity contribution is -0.122. The average molecular weight is 573 g/mol. The van der Waals surface area contributed by atoms with E-state index in [1.165, 1.54) is 16.7 Å². The third kappa shape index (κ3) is 5.63. The van der Waals surface area contributed by atoms with Crippen molar-refractivity contribution in [3.63, 3.8) is 0 Å². The van der Waals surface area contributed by atoms with Gasteiger partial charge in [0.1, 0.15) is 4.32 Å². The minimum Gasteiger partial charge on any atom is -0.326 e. The summed E-state index contributed by atoms with van der Waals surface area (Å²) in [6, 6.07) is 15.2. The van der Waals surface area contributed by atoms with E-state index in [9.17, 15) is 9.59 Å². The lowest BCUT2D eigenvalue weighted by atomic mass is 10.2. The number of thioether (sulfide) groups is 1. The number of amides is 2. The molecule has 1 aliphatic heterocycles. The first kappa shape index (κ1) is 20.5. The SMILES string of the molecule is O=C(CCN1C(=O)C(=Cc2cccc(Br)c2)SC1=S)Nc1ccc(I)cc1. The molecule has 0 atom stereocenters. The minimum atomic E-state index is -0.160. The zero-order valence-electron chi connectivity index (χ0n) is 13.9. The van der Waals surface area contributed by atoms with Gasteiger partial charge in [-0.3, -0.25) is 14.5 Å². The summed E-state index contributed by atoms with van der Waals surface area (Å²) >= 11 is 12.2. The number of benzene rings is 2. The Labute approximate surface area is 189 Å². The maximum Gasteiger partial charge on any atom is 0.266 e. The van der Waals surface area contributed by atoms with E-state index < -0.39 is 0 Å². The zero-order valence-corrected chi connectivity index (χ0v) is 19.3. The first-order valence-electron chi connectivity index (χ1n) is 7.99. The van der Waals surface area contributed by atoms with Crippen molar-refractivity contribution < 1.29 is 9.59 Å². The van der Waals surface area contributed by atoms with Crippen molar-refractivity contribution in [2.45, 2.75) is 6.42 Å². The van der Waals surface area contributed by atoms with Gasteiger partial charge >= 0.3 is 0 Å². The summed E-state index contributed by atoms with van der Waals surface area (Å²) in [5.74, 6) is -0.312. The van der Waals surface area contributed by atoms with Gasteiger partial charge in [0.25, 0.3) is 5.91 Å². The highest BCUT2D eigenvalue weighted by atomic mass is 127. The Kier molecular flexibility index (Phi) is 7.07. The first-order valence-corrected chi connectivity index (χ1v) is 11.1. The summed E-state index contributed by atoms with van der Waals surface area (Å²) in [6.45, 7) is 0.261. The van der Waals surface area contributed by atoms with Gasteiger partial charge in [0, 0.05) is 26.7 Å². The van der Waals surface area contributed by atoms with Gasteiger partial charge in [0.05, 0.1) is 4.91 Å². The van der Waals surface area contributed by atoms with E-state index in [0.717, 1.165) is 19.3 Å². The van der Waals surface area contributed by atoms with Crippen molar-refractivity contribution in [3.8, 4) is 0 Å². The Morgan fingerprint density at radius 1 is 1.26 bits per heavy atom. The van der Waals surface area contributed by atoms with E-state index in [1.807, 2.05) is 54.6 Å². The van der Waals surface area contributed by atoms with Gasteiger partial charge < -0.3 is 5.32 Å². The summed E-state index contributed by atoms with van der Waals surface area (Å²) in [5.41, 5.74) is 1.65. The number of hydrogen-bond acceptors (Lipinski definition) is 4. The van der Waals surface area contributed by atoms with Crippen molar-refractivity contribution in [1.82, 2.24) is 4.90 Å². The molecule has 2 amide bonds. The second-order valence-electron chi connectivity index (χ2n) is 5.69. The van der Waals surface area contributed by atoms with Crippen molar-refractivity contribution in [2.24, 2.45) is 0 Å². The van der Waals surface area contributed by atoms with Crippen LogP contribution in [0.3, 0.4) is 0 Å². The van der Waals surface area contributed by atoms with Crippen LogP contribution in [-0.4, -0.2) is 27.6 Å². The fraction of sp³-hybridized carbons (Fsp3) is 0.105. The number of carbonyl (C=O) groups excluding carboxylic acids is 2. The molecule has 3 rings (SSSR count). The summed E-state index contributed by atoms with van der Waals surface area (Å²) in [4.78, 5) is 26.8. The molecule has 8 heteroatoms. The predicted molar refractivity (Wildman–Crippen MR) is 126 cm³/mol. The Morgan fingerprint density at radius 2 is 2.00 bits per heavy atom. The third-order valence-electron chi connectivity index (χ3n) is 3.71. The quantitative estimate of drug-likeness (QED) is 0.301. The lowest BCUT2D eigenvalue weighted by Crippen LogP contribution is -2.31. The molecule has 0 aliphatic carbocycles. The molecule has 2 aromatic rings. The monoisotopic (exact) mass is 572 g/mol. The van der Waals surface area contributed by atoms with Crippen molar-refractivity contribution >= 4 is 90.4 Å². The highest BCUT2D eigenvalue weighted by Gasteiger charge is 2.32. The second kappa shape index (κ2) is 9.31. The van der Waals surface area contributed by atoms with Crippen LogP contribution in [0.4, 0.5) is 5.69 Å². The van der Waals surface area contributed by atoms with Crippen LogP contribution < -0.4 is 5.32 Å². The van der Waals surface area contributed by atoms with Gasteiger partial charge in [-0.2, -0.15) is 0 Å². The fourth-order valence-corrected chi connectivity index (χ4v) is 4.50. The largest absolute Gasteiger partial charge is 0.326 e. The third-order valence-corrected chi connectivity index (χ3v) is 6.30. The molecule has 0 bridgehead atoms. The first-order chi connectivity index (χ1) is 12.9. The molecule has 0 radical (unpaired) electrons.